The zero-order valence-corrected chi connectivity index (χ0v) is 12.5. The summed E-state index contributed by atoms with van der Waals surface area (Å²) in [4.78, 5) is 0. The van der Waals surface area contributed by atoms with Crippen molar-refractivity contribution >= 4 is 10.9 Å². The van der Waals surface area contributed by atoms with E-state index >= 15 is 0 Å². The molecule has 0 unspecified atom stereocenters. The number of hydrogen-bond acceptors (Lipinski definition) is 2. The van der Waals surface area contributed by atoms with Gasteiger partial charge in [0.25, 0.3) is 0 Å². The van der Waals surface area contributed by atoms with Gasteiger partial charge in [0.2, 0.25) is 0 Å². The standard InChI is InChI=1S/C17H24N2O/c1-19-12-13(9-10-18-14-5-3-4-6-14)16-11-15(20-2)7-8-17(16)19/h7-8,11-12,14,18H,3-6,9-10H2,1-2H3. The van der Waals surface area contributed by atoms with E-state index in [0.29, 0.717) is 0 Å². The Morgan fingerprint density at radius 1 is 1.30 bits per heavy atom. The van der Waals surface area contributed by atoms with Crippen molar-refractivity contribution in [2.24, 2.45) is 7.05 Å². The van der Waals surface area contributed by atoms with Crippen LogP contribution in [0, 0.1) is 0 Å². The third kappa shape index (κ3) is 2.68. The van der Waals surface area contributed by atoms with E-state index in [4.69, 9.17) is 4.74 Å². The van der Waals surface area contributed by atoms with Crippen molar-refractivity contribution in [1.29, 1.82) is 0 Å². The second-order valence-corrected chi connectivity index (χ2v) is 5.83. The number of rotatable bonds is 5. The first-order valence-electron chi connectivity index (χ1n) is 7.63. The Kier molecular flexibility index (Phi) is 3.97. The van der Waals surface area contributed by atoms with Crippen LogP contribution in [0.5, 0.6) is 5.75 Å². The molecule has 0 atom stereocenters. The molecular weight excluding hydrogens is 248 g/mol. The van der Waals surface area contributed by atoms with E-state index in [1.54, 1.807) is 7.11 Å². The minimum Gasteiger partial charge on any atom is -0.497 e. The molecule has 1 aromatic heterocycles. The van der Waals surface area contributed by atoms with E-state index in [9.17, 15) is 0 Å². The molecule has 3 heteroatoms. The van der Waals surface area contributed by atoms with Crippen LogP contribution < -0.4 is 10.1 Å². The average molecular weight is 272 g/mol. The van der Waals surface area contributed by atoms with Crippen LogP contribution in [-0.4, -0.2) is 24.3 Å². The number of fused-ring (bicyclic) bond motifs is 1. The summed E-state index contributed by atoms with van der Waals surface area (Å²) in [7, 11) is 3.84. The molecule has 0 aliphatic heterocycles. The molecule has 20 heavy (non-hydrogen) atoms. The second kappa shape index (κ2) is 5.88. The predicted octanol–water partition coefficient (Wildman–Crippen LogP) is 3.26. The molecule has 1 aliphatic carbocycles. The van der Waals surface area contributed by atoms with Crippen LogP contribution in [0.1, 0.15) is 31.2 Å². The summed E-state index contributed by atoms with van der Waals surface area (Å²) >= 11 is 0. The molecule has 1 aromatic carbocycles. The van der Waals surface area contributed by atoms with Gasteiger partial charge in [0.15, 0.2) is 0 Å². The highest BCUT2D eigenvalue weighted by atomic mass is 16.5. The zero-order valence-electron chi connectivity index (χ0n) is 12.5. The fourth-order valence-electron chi connectivity index (χ4n) is 3.32. The third-order valence-electron chi connectivity index (χ3n) is 4.46. The fraction of sp³-hybridized carbons (Fsp3) is 0.529. The molecular formula is C17H24N2O. The lowest BCUT2D eigenvalue weighted by atomic mass is 10.1. The van der Waals surface area contributed by atoms with Crippen molar-refractivity contribution in [2.45, 2.75) is 38.1 Å². The van der Waals surface area contributed by atoms with Gasteiger partial charge in [0.1, 0.15) is 5.75 Å². The largest absolute Gasteiger partial charge is 0.497 e. The lowest BCUT2D eigenvalue weighted by molar-refractivity contribution is 0.415. The Balaban J connectivity index is 1.73. The number of nitrogens with zero attached hydrogens (tertiary/aromatic N) is 1. The van der Waals surface area contributed by atoms with E-state index in [2.05, 4.69) is 35.3 Å². The number of hydrogen-bond donors (Lipinski definition) is 1. The van der Waals surface area contributed by atoms with Crippen molar-refractivity contribution < 1.29 is 4.74 Å². The summed E-state index contributed by atoms with van der Waals surface area (Å²) in [5, 5.41) is 5.01. The summed E-state index contributed by atoms with van der Waals surface area (Å²) in [6.45, 7) is 1.07. The third-order valence-corrected chi connectivity index (χ3v) is 4.46. The maximum absolute atomic E-state index is 5.35. The van der Waals surface area contributed by atoms with Crippen LogP contribution in [0.3, 0.4) is 0 Å². The van der Waals surface area contributed by atoms with E-state index in [-0.39, 0.29) is 0 Å². The maximum atomic E-state index is 5.35. The van der Waals surface area contributed by atoms with Gasteiger partial charge in [0.05, 0.1) is 7.11 Å². The molecule has 1 heterocycles. The van der Waals surface area contributed by atoms with Crippen LogP contribution in [-0.2, 0) is 13.5 Å². The lowest BCUT2D eigenvalue weighted by Crippen LogP contribution is -2.27. The van der Waals surface area contributed by atoms with Gasteiger partial charge in [-0.25, -0.2) is 0 Å². The number of benzene rings is 1. The highest BCUT2D eigenvalue weighted by molar-refractivity contribution is 5.85. The first kappa shape index (κ1) is 13.5. The molecule has 0 amide bonds. The summed E-state index contributed by atoms with van der Waals surface area (Å²) < 4.78 is 7.56. The molecule has 0 bridgehead atoms. The first-order valence-corrected chi connectivity index (χ1v) is 7.63. The first-order chi connectivity index (χ1) is 9.78. The van der Waals surface area contributed by atoms with E-state index < -0.39 is 0 Å². The zero-order chi connectivity index (χ0) is 13.9. The Morgan fingerprint density at radius 3 is 2.85 bits per heavy atom. The minimum atomic E-state index is 0.750. The molecule has 2 aromatic rings. The molecule has 0 spiro atoms. The predicted molar refractivity (Wildman–Crippen MR) is 83.4 cm³/mol. The molecule has 0 radical (unpaired) electrons. The molecule has 3 nitrogen and oxygen atoms in total. The van der Waals surface area contributed by atoms with Gasteiger partial charge in [-0.1, -0.05) is 12.8 Å². The van der Waals surface area contributed by atoms with Gasteiger partial charge in [-0.05, 0) is 49.6 Å². The van der Waals surface area contributed by atoms with Crippen molar-refractivity contribution in [2.75, 3.05) is 13.7 Å². The maximum Gasteiger partial charge on any atom is 0.119 e. The smallest absolute Gasteiger partial charge is 0.119 e. The van der Waals surface area contributed by atoms with Crippen LogP contribution in [0.25, 0.3) is 10.9 Å². The van der Waals surface area contributed by atoms with Gasteiger partial charge in [-0.2, -0.15) is 0 Å². The Bertz CT molecular complexity index is 582. The van der Waals surface area contributed by atoms with Gasteiger partial charge in [-0.3, -0.25) is 0 Å². The normalized spacial score (nSPS) is 16.1. The Labute approximate surface area is 120 Å². The van der Waals surface area contributed by atoms with Gasteiger partial charge in [0, 0.05) is 30.2 Å². The number of methoxy groups -OCH3 is 1. The van der Waals surface area contributed by atoms with Crippen LogP contribution in [0.15, 0.2) is 24.4 Å². The Hall–Kier alpha value is -1.48. The van der Waals surface area contributed by atoms with Crippen LogP contribution in [0.4, 0.5) is 0 Å². The molecule has 1 fully saturated rings. The van der Waals surface area contributed by atoms with Crippen molar-refractivity contribution in [1.82, 2.24) is 9.88 Å². The fourth-order valence-corrected chi connectivity index (χ4v) is 3.32. The van der Waals surface area contributed by atoms with Crippen molar-refractivity contribution in [3.8, 4) is 5.75 Å². The van der Waals surface area contributed by atoms with E-state index in [0.717, 1.165) is 24.8 Å². The van der Waals surface area contributed by atoms with Gasteiger partial charge < -0.3 is 14.6 Å². The van der Waals surface area contributed by atoms with Gasteiger partial charge in [-0.15, -0.1) is 0 Å². The topological polar surface area (TPSA) is 26.2 Å². The average Bonchev–Trinajstić information content (AvgIpc) is 3.08. The summed E-state index contributed by atoms with van der Waals surface area (Å²) in [5.74, 6) is 0.939. The highest BCUT2D eigenvalue weighted by Gasteiger charge is 2.14. The van der Waals surface area contributed by atoms with Crippen molar-refractivity contribution in [3.63, 3.8) is 0 Å². The molecule has 0 saturated heterocycles. The number of aryl methyl sites for hydroxylation is 1. The molecule has 1 aliphatic rings. The quantitative estimate of drug-likeness (QED) is 0.904. The molecule has 1 N–H and O–H groups in total. The summed E-state index contributed by atoms with van der Waals surface area (Å²) in [6, 6.07) is 7.07. The van der Waals surface area contributed by atoms with Gasteiger partial charge >= 0.3 is 0 Å². The lowest BCUT2D eigenvalue weighted by Gasteiger charge is -2.11. The van der Waals surface area contributed by atoms with E-state index in [1.807, 2.05) is 6.07 Å². The van der Waals surface area contributed by atoms with Crippen LogP contribution in [0.2, 0.25) is 0 Å². The van der Waals surface area contributed by atoms with Crippen molar-refractivity contribution in [3.05, 3.63) is 30.0 Å². The highest BCUT2D eigenvalue weighted by Crippen LogP contribution is 2.26. The molecule has 108 valence electrons. The Morgan fingerprint density at radius 2 is 2.10 bits per heavy atom. The SMILES string of the molecule is COc1ccc2c(c1)c(CCNC1CCCC1)cn2C. The monoisotopic (exact) mass is 272 g/mol. The van der Waals surface area contributed by atoms with E-state index in [1.165, 1.54) is 42.1 Å². The number of nitrogens with one attached hydrogen (secondary N) is 1. The summed E-state index contributed by atoms with van der Waals surface area (Å²) in [5.41, 5.74) is 2.69. The summed E-state index contributed by atoms with van der Waals surface area (Å²) in [6.07, 6.45) is 8.82. The van der Waals surface area contributed by atoms with Crippen LogP contribution >= 0.6 is 0 Å². The number of aromatic nitrogens is 1. The molecule has 3 rings (SSSR count). The second-order valence-electron chi connectivity index (χ2n) is 5.83. The minimum absolute atomic E-state index is 0.750. The number of ether oxygens (including phenoxy) is 1. The molecule has 1 saturated carbocycles.